The maximum atomic E-state index is 6.08. The van der Waals surface area contributed by atoms with Crippen molar-refractivity contribution < 1.29 is 4.74 Å². The Kier molecular flexibility index (Phi) is 4.77. The second kappa shape index (κ2) is 7.15. The number of nitrogens with zero attached hydrogens (tertiary/aromatic N) is 4. The second-order valence-electron chi connectivity index (χ2n) is 4.86. The van der Waals surface area contributed by atoms with Crippen LogP contribution in [0.5, 0.6) is 5.75 Å². The molecule has 0 aliphatic carbocycles. The zero-order valence-corrected chi connectivity index (χ0v) is 13.5. The van der Waals surface area contributed by atoms with E-state index in [1.54, 1.807) is 31.3 Å². The molecule has 2 aromatic heterocycles. The molecular formula is C16H17N5OS. The first-order valence-electron chi connectivity index (χ1n) is 7.14. The van der Waals surface area contributed by atoms with E-state index in [0.717, 1.165) is 23.5 Å². The summed E-state index contributed by atoms with van der Waals surface area (Å²) in [5, 5.41) is 8.99. The van der Waals surface area contributed by atoms with Crippen LogP contribution in [0.15, 0.2) is 53.9 Å². The molecule has 0 aliphatic rings. The standard InChI is InChI=1S/C16H17N5OS/c1-22-14-6-4-12(5-7-14)8-10-23-16-20-19-15(21(16)17)13-3-2-9-18-11-13/h2-7,9,11H,8,10,17H2,1H3. The zero-order chi connectivity index (χ0) is 16.1. The van der Waals surface area contributed by atoms with E-state index in [1.807, 2.05) is 24.3 Å². The Bertz CT molecular complexity index is 758. The van der Waals surface area contributed by atoms with Gasteiger partial charge in [0.25, 0.3) is 0 Å². The van der Waals surface area contributed by atoms with Crippen LogP contribution in [-0.2, 0) is 6.42 Å². The fraction of sp³-hybridized carbons (Fsp3) is 0.188. The van der Waals surface area contributed by atoms with E-state index in [9.17, 15) is 0 Å². The Morgan fingerprint density at radius 2 is 2.00 bits per heavy atom. The van der Waals surface area contributed by atoms with Gasteiger partial charge in [0.2, 0.25) is 5.16 Å². The smallest absolute Gasteiger partial charge is 0.210 e. The number of methoxy groups -OCH3 is 1. The van der Waals surface area contributed by atoms with E-state index in [4.69, 9.17) is 10.6 Å². The van der Waals surface area contributed by atoms with Gasteiger partial charge in [0.1, 0.15) is 5.75 Å². The number of aryl methyl sites for hydroxylation is 1. The van der Waals surface area contributed by atoms with Crippen molar-refractivity contribution in [3.8, 4) is 17.1 Å². The van der Waals surface area contributed by atoms with Crippen molar-refractivity contribution in [2.24, 2.45) is 0 Å². The molecule has 0 spiro atoms. The SMILES string of the molecule is COc1ccc(CCSc2nnc(-c3cccnc3)n2N)cc1. The monoisotopic (exact) mass is 327 g/mol. The summed E-state index contributed by atoms with van der Waals surface area (Å²) < 4.78 is 6.66. The molecule has 118 valence electrons. The fourth-order valence-electron chi connectivity index (χ4n) is 2.12. The Morgan fingerprint density at radius 1 is 1.17 bits per heavy atom. The number of nitrogens with two attached hydrogens (primary N) is 1. The van der Waals surface area contributed by atoms with Crippen LogP contribution in [0.3, 0.4) is 0 Å². The number of nitrogen functional groups attached to an aromatic ring is 1. The third-order valence-electron chi connectivity index (χ3n) is 3.37. The molecule has 0 saturated carbocycles. The predicted molar refractivity (Wildman–Crippen MR) is 90.8 cm³/mol. The van der Waals surface area contributed by atoms with Crippen LogP contribution < -0.4 is 10.6 Å². The third-order valence-corrected chi connectivity index (χ3v) is 4.31. The third kappa shape index (κ3) is 3.62. The lowest BCUT2D eigenvalue weighted by atomic mass is 10.2. The van der Waals surface area contributed by atoms with Gasteiger partial charge in [-0.05, 0) is 36.2 Å². The highest BCUT2D eigenvalue weighted by Gasteiger charge is 2.11. The Hall–Kier alpha value is -2.54. The summed E-state index contributed by atoms with van der Waals surface area (Å²) in [4.78, 5) is 4.07. The van der Waals surface area contributed by atoms with Crippen molar-refractivity contribution in [3.05, 3.63) is 54.4 Å². The molecule has 0 amide bonds. The number of hydrogen-bond donors (Lipinski definition) is 1. The maximum absolute atomic E-state index is 6.08. The molecule has 2 heterocycles. The molecule has 3 aromatic rings. The van der Waals surface area contributed by atoms with Gasteiger partial charge < -0.3 is 10.6 Å². The second-order valence-corrected chi connectivity index (χ2v) is 5.93. The molecule has 6 nitrogen and oxygen atoms in total. The summed E-state index contributed by atoms with van der Waals surface area (Å²) in [7, 11) is 1.67. The number of ether oxygens (including phenoxy) is 1. The highest BCUT2D eigenvalue weighted by atomic mass is 32.2. The van der Waals surface area contributed by atoms with Crippen LogP contribution >= 0.6 is 11.8 Å². The molecule has 0 bridgehead atoms. The first kappa shape index (κ1) is 15.4. The van der Waals surface area contributed by atoms with E-state index in [1.165, 1.54) is 10.2 Å². The van der Waals surface area contributed by atoms with Crippen molar-refractivity contribution in [2.45, 2.75) is 11.6 Å². The Morgan fingerprint density at radius 3 is 2.70 bits per heavy atom. The molecule has 0 aliphatic heterocycles. The van der Waals surface area contributed by atoms with E-state index in [-0.39, 0.29) is 0 Å². The average Bonchev–Trinajstić information content (AvgIpc) is 2.97. The normalized spacial score (nSPS) is 10.7. The minimum Gasteiger partial charge on any atom is -0.497 e. The molecule has 0 saturated heterocycles. The summed E-state index contributed by atoms with van der Waals surface area (Å²) in [6.45, 7) is 0. The largest absolute Gasteiger partial charge is 0.497 e. The highest BCUT2D eigenvalue weighted by Crippen LogP contribution is 2.22. The molecule has 1 aromatic carbocycles. The lowest BCUT2D eigenvalue weighted by molar-refractivity contribution is 0.414. The number of hydrogen-bond acceptors (Lipinski definition) is 6. The van der Waals surface area contributed by atoms with Gasteiger partial charge in [0.15, 0.2) is 5.82 Å². The van der Waals surface area contributed by atoms with Crippen molar-refractivity contribution >= 4 is 11.8 Å². The van der Waals surface area contributed by atoms with Crippen LogP contribution in [0.1, 0.15) is 5.56 Å². The fourth-order valence-corrected chi connectivity index (χ4v) is 2.96. The molecule has 0 fully saturated rings. The van der Waals surface area contributed by atoms with E-state index < -0.39 is 0 Å². The predicted octanol–water partition coefficient (Wildman–Crippen LogP) is 2.40. The molecule has 0 atom stereocenters. The Labute approximate surface area is 138 Å². The number of rotatable bonds is 6. The number of pyridine rings is 1. The van der Waals surface area contributed by atoms with E-state index in [0.29, 0.717) is 11.0 Å². The number of benzene rings is 1. The quantitative estimate of drug-likeness (QED) is 0.553. The van der Waals surface area contributed by atoms with Gasteiger partial charge in [-0.15, -0.1) is 10.2 Å². The van der Waals surface area contributed by atoms with Crippen LogP contribution in [-0.4, -0.2) is 32.7 Å². The van der Waals surface area contributed by atoms with Crippen molar-refractivity contribution in [2.75, 3.05) is 18.7 Å². The van der Waals surface area contributed by atoms with Gasteiger partial charge in [-0.3, -0.25) is 4.98 Å². The minimum absolute atomic E-state index is 0.616. The molecular weight excluding hydrogens is 310 g/mol. The van der Waals surface area contributed by atoms with Gasteiger partial charge in [0, 0.05) is 23.7 Å². The van der Waals surface area contributed by atoms with Crippen LogP contribution in [0, 0.1) is 0 Å². The first-order chi connectivity index (χ1) is 11.3. The van der Waals surface area contributed by atoms with E-state index >= 15 is 0 Å². The van der Waals surface area contributed by atoms with Crippen LogP contribution in [0.4, 0.5) is 0 Å². The average molecular weight is 327 g/mol. The molecule has 0 radical (unpaired) electrons. The summed E-state index contributed by atoms with van der Waals surface area (Å²) in [6.07, 6.45) is 4.36. The Balaban J connectivity index is 1.61. The number of aromatic nitrogens is 4. The summed E-state index contributed by atoms with van der Waals surface area (Å²) >= 11 is 1.58. The molecule has 3 rings (SSSR count). The van der Waals surface area contributed by atoms with Gasteiger partial charge in [-0.1, -0.05) is 23.9 Å². The van der Waals surface area contributed by atoms with Crippen molar-refractivity contribution in [1.82, 2.24) is 19.9 Å². The summed E-state index contributed by atoms with van der Waals surface area (Å²) in [5.74, 6) is 8.43. The molecule has 0 unspecified atom stereocenters. The van der Waals surface area contributed by atoms with Crippen LogP contribution in [0.2, 0.25) is 0 Å². The molecule has 2 N–H and O–H groups in total. The summed E-state index contributed by atoms with van der Waals surface area (Å²) in [5.41, 5.74) is 2.10. The lowest BCUT2D eigenvalue weighted by Crippen LogP contribution is -2.11. The van der Waals surface area contributed by atoms with Gasteiger partial charge in [-0.25, -0.2) is 4.68 Å². The molecule has 7 heteroatoms. The van der Waals surface area contributed by atoms with Gasteiger partial charge >= 0.3 is 0 Å². The van der Waals surface area contributed by atoms with Gasteiger partial charge in [0.05, 0.1) is 7.11 Å². The number of thioether (sulfide) groups is 1. The lowest BCUT2D eigenvalue weighted by Gasteiger charge is -2.04. The maximum Gasteiger partial charge on any atom is 0.210 e. The van der Waals surface area contributed by atoms with E-state index in [2.05, 4.69) is 27.3 Å². The molecule has 23 heavy (non-hydrogen) atoms. The first-order valence-corrected chi connectivity index (χ1v) is 8.13. The zero-order valence-electron chi connectivity index (χ0n) is 12.7. The topological polar surface area (TPSA) is 78.9 Å². The van der Waals surface area contributed by atoms with Gasteiger partial charge in [-0.2, -0.15) is 0 Å². The van der Waals surface area contributed by atoms with Crippen LogP contribution in [0.25, 0.3) is 11.4 Å². The highest BCUT2D eigenvalue weighted by molar-refractivity contribution is 7.99. The van der Waals surface area contributed by atoms with Crippen molar-refractivity contribution in [1.29, 1.82) is 0 Å². The minimum atomic E-state index is 0.616. The summed E-state index contributed by atoms with van der Waals surface area (Å²) in [6, 6.07) is 11.8. The van der Waals surface area contributed by atoms with Crippen molar-refractivity contribution in [3.63, 3.8) is 0 Å².